The monoisotopic (exact) mass is 370 g/mol. The van der Waals surface area contributed by atoms with E-state index < -0.39 is 0 Å². The number of hydrogen-bond donors (Lipinski definition) is 0. The van der Waals surface area contributed by atoms with E-state index in [0.717, 1.165) is 11.5 Å². The molecule has 0 aliphatic carbocycles. The molecule has 0 bridgehead atoms. The van der Waals surface area contributed by atoms with Crippen LogP contribution in [0.5, 0.6) is 11.5 Å². The van der Waals surface area contributed by atoms with Gasteiger partial charge in [-0.05, 0) is 0 Å². The van der Waals surface area contributed by atoms with Crippen molar-refractivity contribution in [1.82, 2.24) is 0 Å². The molecule has 0 aromatic heterocycles. The Bertz CT molecular complexity index is 289. The summed E-state index contributed by atoms with van der Waals surface area (Å²) in [4.78, 5) is 0. The second-order valence-electron chi connectivity index (χ2n) is 2.62. The molecular formula is C12H14HfO2-6. The molecular weight excluding hydrogens is 355 g/mol. The molecule has 0 unspecified atom stereocenters. The van der Waals surface area contributed by atoms with Gasteiger partial charge in [-0.2, -0.15) is 6.07 Å². The molecule has 15 heavy (non-hydrogen) atoms. The Morgan fingerprint density at radius 1 is 1.07 bits per heavy atom. The van der Waals surface area contributed by atoms with Gasteiger partial charge in [-0.3, -0.25) is 0 Å². The van der Waals surface area contributed by atoms with Gasteiger partial charge in [0.05, 0.1) is 14.2 Å². The molecule has 0 fully saturated rings. The van der Waals surface area contributed by atoms with Crippen molar-refractivity contribution in [3.05, 3.63) is 48.5 Å². The summed E-state index contributed by atoms with van der Waals surface area (Å²) in [6, 6.07) is 15.6. The second-order valence-corrected chi connectivity index (χ2v) is 2.62. The van der Waals surface area contributed by atoms with Crippen LogP contribution in [0.1, 0.15) is 0 Å². The number of methoxy groups -OCH3 is 2. The summed E-state index contributed by atoms with van der Waals surface area (Å²) in [5.41, 5.74) is 0. The van der Waals surface area contributed by atoms with Gasteiger partial charge in [0.2, 0.25) is 0 Å². The fourth-order valence-corrected chi connectivity index (χ4v) is 1.05. The molecule has 0 heterocycles. The van der Waals surface area contributed by atoms with Gasteiger partial charge >= 0.3 is 0 Å². The van der Waals surface area contributed by atoms with Crippen molar-refractivity contribution in [2.75, 3.05) is 14.2 Å². The molecule has 0 aliphatic heterocycles. The van der Waals surface area contributed by atoms with E-state index in [0.29, 0.717) is 0 Å². The van der Waals surface area contributed by atoms with Crippen LogP contribution < -0.4 is 9.47 Å². The molecule has 0 spiro atoms. The molecule has 2 nitrogen and oxygen atoms in total. The summed E-state index contributed by atoms with van der Waals surface area (Å²) >= 11 is 0. The van der Waals surface area contributed by atoms with E-state index in [1.807, 2.05) is 48.5 Å². The van der Waals surface area contributed by atoms with Gasteiger partial charge in [0, 0.05) is 37.3 Å². The first-order valence-electron chi connectivity index (χ1n) is 4.39. The summed E-state index contributed by atoms with van der Waals surface area (Å²) in [5.74, 6) is 1.58. The fourth-order valence-electron chi connectivity index (χ4n) is 1.05. The van der Waals surface area contributed by atoms with Gasteiger partial charge in [0.25, 0.3) is 0 Å². The number of rotatable bonds is 2. The van der Waals surface area contributed by atoms with Crippen LogP contribution in [0.15, 0.2) is 48.5 Å². The molecule has 0 N–H and O–H groups in total. The normalized spacial score (nSPS) is 8.13. The zero-order valence-electron chi connectivity index (χ0n) is 8.94. The molecule has 0 aliphatic rings. The standard InChI is InChI=1S/C7H9O2.C5H5.Hf/c1-8-6-4-3-5-7(6)9-2;1-2-4-5-3-1;/h3-5H,1-2H3;1-5H;/q-1;-5;. The third kappa shape index (κ3) is 4.98. The van der Waals surface area contributed by atoms with Crippen LogP contribution in [0.2, 0.25) is 0 Å². The number of ether oxygens (including phenoxy) is 2. The third-order valence-electron chi connectivity index (χ3n) is 1.73. The Balaban J connectivity index is 0.000000280. The minimum Gasteiger partial charge on any atom is -0.748 e. The molecule has 2 rings (SSSR count). The van der Waals surface area contributed by atoms with Gasteiger partial charge in [0.1, 0.15) is 0 Å². The maximum absolute atomic E-state index is 4.95. The minimum absolute atomic E-state index is 0. The first-order chi connectivity index (χ1) is 6.88. The average Bonchev–Trinajstić information content (AvgIpc) is 2.91. The Hall–Kier alpha value is -0.830. The quantitative estimate of drug-likeness (QED) is 0.599. The van der Waals surface area contributed by atoms with Gasteiger partial charge in [-0.1, -0.05) is 0 Å². The summed E-state index contributed by atoms with van der Waals surface area (Å²) < 4.78 is 9.90. The summed E-state index contributed by atoms with van der Waals surface area (Å²) in [6.45, 7) is 0. The van der Waals surface area contributed by atoms with Crippen molar-refractivity contribution in [3.63, 3.8) is 0 Å². The Kier molecular flexibility index (Phi) is 8.01. The molecule has 0 atom stereocenters. The first-order valence-corrected chi connectivity index (χ1v) is 4.39. The second kappa shape index (κ2) is 8.48. The van der Waals surface area contributed by atoms with Crippen LogP contribution in [0.25, 0.3) is 0 Å². The van der Waals surface area contributed by atoms with Crippen LogP contribution in [-0.2, 0) is 25.8 Å². The number of hydrogen-bond acceptors (Lipinski definition) is 2. The zero-order chi connectivity index (χ0) is 10.2. The minimum atomic E-state index is 0. The van der Waals surface area contributed by atoms with Crippen molar-refractivity contribution in [2.24, 2.45) is 0 Å². The van der Waals surface area contributed by atoms with E-state index in [2.05, 4.69) is 0 Å². The van der Waals surface area contributed by atoms with Crippen LogP contribution >= 0.6 is 0 Å². The van der Waals surface area contributed by atoms with Crippen LogP contribution in [0.3, 0.4) is 0 Å². The van der Waals surface area contributed by atoms with Crippen molar-refractivity contribution in [1.29, 1.82) is 0 Å². The van der Waals surface area contributed by atoms with Gasteiger partial charge < -0.3 is 39.8 Å². The zero-order valence-corrected chi connectivity index (χ0v) is 12.5. The Labute approximate surface area is 109 Å². The summed E-state index contributed by atoms with van der Waals surface area (Å²) in [7, 11) is 3.25. The van der Waals surface area contributed by atoms with E-state index >= 15 is 0 Å². The van der Waals surface area contributed by atoms with Crippen molar-refractivity contribution in [3.8, 4) is 11.5 Å². The SMILES string of the molecule is COc1ccc[c-]1OC.[Hf].[cH-]1[cH-][cH-][cH-][cH-]1. The maximum Gasteiger partial charge on any atom is 0.0745 e. The summed E-state index contributed by atoms with van der Waals surface area (Å²) in [5, 5.41) is 0. The Morgan fingerprint density at radius 2 is 1.60 bits per heavy atom. The van der Waals surface area contributed by atoms with E-state index in [1.54, 1.807) is 14.2 Å². The molecule has 0 saturated carbocycles. The molecule has 0 amide bonds. The molecule has 0 saturated heterocycles. The average molecular weight is 369 g/mol. The van der Waals surface area contributed by atoms with Crippen molar-refractivity contribution < 1.29 is 35.3 Å². The topological polar surface area (TPSA) is 18.5 Å². The fraction of sp³-hybridized carbons (Fsp3) is 0.167. The molecule has 2 aromatic carbocycles. The third-order valence-corrected chi connectivity index (χ3v) is 1.73. The molecule has 0 radical (unpaired) electrons. The largest absolute Gasteiger partial charge is 0.748 e. The van der Waals surface area contributed by atoms with Gasteiger partial charge in [0.15, 0.2) is 0 Å². The first kappa shape index (κ1) is 14.2. The predicted molar refractivity (Wildman–Crippen MR) is 57.2 cm³/mol. The van der Waals surface area contributed by atoms with Crippen molar-refractivity contribution in [2.45, 2.75) is 0 Å². The smallest absolute Gasteiger partial charge is 0.0745 e. The molecule has 2 aromatic rings. The summed E-state index contributed by atoms with van der Waals surface area (Å²) in [6.07, 6.45) is 0. The van der Waals surface area contributed by atoms with Crippen LogP contribution in [0, 0.1) is 0 Å². The van der Waals surface area contributed by atoms with Gasteiger partial charge in [-0.25, -0.2) is 6.07 Å². The van der Waals surface area contributed by atoms with E-state index in [9.17, 15) is 0 Å². The van der Waals surface area contributed by atoms with Crippen LogP contribution in [0.4, 0.5) is 0 Å². The molecule has 3 heteroatoms. The van der Waals surface area contributed by atoms with Gasteiger partial charge in [-0.15, -0.1) is 6.07 Å². The van der Waals surface area contributed by atoms with E-state index in [-0.39, 0.29) is 25.8 Å². The van der Waals surface area contributed by atoms with Crippen LogP contribution in [-0.4, -0.2) is 14.2 Å². The predicted octanol–water partition coefficient (Wildman–Crippen LogP) is 2.83. The maximum atomic E-state index is 4.95. The Morgan fingerprint density at radius 3 is 1.93 bits per heavy atom. The molecule has 84 valence electrons. The van der Waals surface area contributed by atoms with E-state index in [1.165, 1.54) is 0 Å². The van der Waals surface area contributed by atoms with E-state index in [4.69, 9.17) is 9.47 Å². The van der Waals surface area contributed by atoms with Crippen molar-refractivity contribution >= 4 is 0 Å².